The summed E-state index contributed by atoms with van der Waals surface area (Å²) in [7, 11) is 0. The van der Waals surface area contributed by atoms with Crippen molar-refractivity contribution in [3.63, 3.8) is 0 Å². The molecule has 0 fully saturated rings. The van der Waals surface area contributed by atoms with Gasteiger partial charge < -0.3 is 10.4 Å². The van der Waals surface area contributed by atoms with Crippen LogP contribution in [0.15, 0.2) is 22.7 Å². The molecule has 4 nitrogen and oxygen atoms in total. The summed E-state index contributed by atoms with van der Waals surface area (Å²) in [6.07, 6.45) is -0.119. The lowest BCUT2D eigenvalue weighted by Gasteiger charge is -2.24. The summed E-state index contributed by atoms with van der Waals surface area (Å²) in [5.41, 5.74) is 0.599. The van der Waals surface area contributed by atoms with Crippen LogP contribution in [0.4, 0.5) is 0 Å². The first-order chi connectivity index (χ1) is 8.23. The number of amides is 1. The number of rotatable bonds is 4. The first kappa shape index (κ1) is 14.7. The minimum Gasteiger partial charge on any atom is -0.481 e. The fourth-order valence-electron chi connectivity index (χ4n) is 1.65. The molecule has 1 rings (SSSR count). The SMILES string of the molecule is Cc1c(Br)cccc1C(=O)NC(C)(C)CC(=O)O. The van der Waals surface area contributed by atoms with Crippen LogP contribution < -0.4 is 5.32 Å². The highest BCUT2D eigenvalue weighted by Gasteiger charge is 2.25. The minimum atomic E-state index is -0.939. The lowest BCUT2D eigenvalue weighted by Crippen LogP contribution is -2.45. The Morgan fingerprint density at radius 2 is 2.00 bits per heavy atom. The van der Waals surface area contributed by atoms with E-state index in [4.69, 9.17) is 5.11 Å². The van der Waals surface area contributed by atoms with Gasteiger partial charge in [0.05, 0.1) is 6.42 Å². The maximum atomic E-state index is 12.1. The molecule has 0 aliphatic rings. The third-order valence-electron chi connectivity index (χ3n) is 2.56. The third-order valence-corrected chi connectivity index (χ3v) is 3.42. The number of halogens is 1. The van der Waals surface area contributed by atoms with E-state index in [1.165, 1.54) is 0 Å². The molecule has 0 radical (unpaired) electrons. The smallest absolute Gasteiger partial charge is 0.305 e. The molecule has 1 aromatic rings. The maximum Gasteiger partial charge on any atom is 0.305 e. The summed E-state index contributed by atoms with van der Waals surface area (Å²) in [5.74, 6) is -1.20. The van der Waals surface area contributed by atoms with E-state index in [0.29, 0.717) is 5.56 Å². The van der Waals surface area contributed by atoms with Gasteiger partial charge in [0.1, 0.15) is 0 Å². The number of nitrogens with one attached hydrogen (secondary N) is 1. The lowest BCUT2D eigenvalue weighted by molar-refractivity contribution is -0.138. The number of carbonyl (C=O) groups is 2. The zero-order chi connectivity index (χ0) is 13.9. The number of benzene rings is 1. The van der Waals surface area contributed by atoms with Gasteiger partial charge in [-0.15, -0.1) is 0 Å². The number of hydrogen-bond donors (Lipinski definition) is 2. The minimum absolute atomic E-state index is 0.119. The molecule has 0 heterocycles. The van der Waals surface area contributed by atoms with Gasteiger partial charge in [-0.05, 0) is 38.5 Å². The Morgan fingerprint density at radius 1 is 1.39 bits per heavy atom. The predicted octanol–water partition coefficient (Wildman–Crippen LogP) is 2.74. The van der Waals surface area contributed by atoms with Gasteiger partial charge in [0.2, 0.25) is 0 Å². The molecule has 0 unspecified atom stereocenters. The average Bonchev–Trinajstić information content (AvgIpc) is 2.18. The number of carbonyl (C=O) groups excluding carboxylic acids is 1. The van der Waals surface area contributed by atoms with Crippen LogP contribution in [0, 0.1) is 6.92 Å². The van der Waals surface area contributed by atoms with Crippen LogP contribution in [0.25, 0.3) is 0 Å². The molecule has 98 valence electrons. The second-order valence-electron chi connectivity index (χ2n) is 4.82. The molecule has 2 N–H and O–H groups in total. The van der Waals surface area contributed by atoms with Gasteiger partial charge in [-0.2, -0.15) is 0 Å². The van der Waals surface area contributed by atoms with Crippen LogP contribution in [0.3, 0.4) is 0 Å². The highest BCUT2D eigenvalue weighted by molar-refractivity contribution is 9.10. The number of carboxylic acid groups (broad SMARTS) is 1. The first-order valence-electron chi connectivity index (χ1n) is 5.52. The summed E-state index contributed by atoms with van der Waals surface area (Å²) in [6.45, 7) is 5.21. The van der Waals surface area contributed by atoms with Crippen molar-refractivity contribution >= 4 is 27.8 Å². The normalized spacial score (nSPS) is 11.1. The molecule has 0 aromatic heterocycles. The largest absolute Gasteiger partial charge is 0.481 e. The van der Waals surface area contributed by atoms with Crippen LogP contribution in [-0.2, 0) is 4.79 Å². The molecule has 5 heteroatoms. The first-order valence-corrected chi connectivity index (χ1v) is 6.31. The summed E-state index contributed by atoms with van der Waals surface area (Å²) < 4.78 is 0.853. The van der Waals surface area contributed by atoms with Gasteiger partial charge in [0.15, 0.2) is 0 Å². The number of aliphatic carboxylic acids is 1. The van der Waals surface area contributed by atoms with E-state index >= 15 is 0 Å². The Bertz CT molecular complexity index is 483. The molecule has 18 heavy (non-hydrogen) atoms. The van der Waals surface area contributed by atoms with E-state index in [9.17, 15) is 9.59 Å². The summed E-state index contributed by atoms with van der Waals surface area (Å²) in [6, 6.07) is 5.34. The van der Waals surface area contributed by atoms with Gasteiger partial charge in [0, 0.05) is 15.6 Å². The van der Waals surface area contributed by atoms with Crippen LogP contribution in [-0.4, -0.2) is 22.5 Å². The predicted molar refractivity (Wildman–Crippen MR) is 72.7 cm³/mol. The van der Waals surface area contributed by atoms with Gasteiger partial charge in [-0.25, -0.2) is 0 Å². The number of hydrogen-bond acceptors (Lipinski definition) is 2. The molecular formula is C13H16BrNO3. The maximum absolute atomic E-state index is 12.1. The van der Waals surface area contributed by atoms with E-state index in [1.54, 1.807) is 26.0 Å². The Balaban J connectivity index is 2.89. The molecule has 0 bridgehead atoms. The molecule has 0 aliphatic heterocycles. The van der Waals surface area contributed by atoms with Crippen molar-refractivity contribution in [2.45, 2.75) is 32.7 Å². The van der Waals surface area contributed by atoms with Crippen molar-refractivity contribution in [2.24, 2.45) is 0 Å². The van der Waals surface area contributed by atoms with E-state index in [2.05, 4.69) is 21.2 Å². The van der Waals surface area contributed by atoms with Gasteiger partial charge in [-0.1, -0.05) is 22.0 Å². The van der Waals surface area contributed by atoms with Crippen molar-refractivity contribution < 1.29 is 14.7 Å². The zero-order valence-electron chi connectivity index (χ0n) is 10.6. The van der Waals surface area contributed by atoms with E-state index in [1.807, 2.05) is 13.0 Å². The quantitative estimate of drug-likeness (QED) is 0.898. The Kier molecular flexibility index (Phi) is 4.51. The van der Waals surface area contributed by atoms with Gasteiger partial charge in [0.25, 0.3) is 5.91 Å². The van der Waals surface area contributed by atoms with Crippen molar-refractivity contribution in [3.8, 4) is 0 Å². The summed E-state index contributed by atoms with van der Waals surface area (Å²) in [5, 5.41) is 11.5. The Labute approximate surface area is 115 Å². The van der Waals surface area contributed by atoms with Crippen molar-refractivity contribution in [1.29, 1.82) is 0 Å². The molecule has 0 spiro atoms. The van der Waals surface area contributed by atoms with Gasteiger partial charge >= 0.3 is 5.97 Å². The molecule has 0 saturated carbocycles. The molecule has 1 aromatic carbocycles. The summed E-state index contributed by atoms with van der Waals surface area (Å²) >= 11 is 3.36. The molecule has 0 atom stereocenters. The fourth-order valence-corrected chi connectivity index (χ4v) is 2.02. The highest BCUT2D eigenvalue weighted by Crippen LogP contribution is 2.20. The lowest BCUT2D eigenvalue weighted by atomic mass is 9.99. The summed E-state index contributed by atoms with van der Waals surface area (Å²) in [4.78, 5) is 22.8. The van der Waals surface area contributed by atoms with Gasteiger partial charge in [-0.3, -0.25) is 9.59 Å². The topological polar surface area (TPSA) is 66.4 Å². The van der Waals surface area contributed by atoms with Crippen molar-refractivity contribution in [1.82, 2.24) is 5.32 Å². The van der Waals surface area contributed by atoms with Crippen LogP contribution in [0.2, 0.25) is 0 Å². The second-order valence-corrected chi connectivity index (χ2v) is 5.68. The Hall–Kier alpha value is -1.36. The zero-order valence-corrected chi connectivity index (χ0v) is 12.2. The van der Waals surface area contributed by atoms with Crippen LogP contribution in [0.1, 0.15) is 36.2 Å². The Morgan fingerprint density at radius 3 is 2.56 bits per heavy atom. The molecule has 0 aliphatic carbocycles. The van der Waals surface area contributed by atoms with Crippen molar-refractivity contribution in [3.05, 3.63) is 33.8 Å². The van der Waals surface area contributed by atoms with E-state index in [0.717, 1.165) is 10.0 Å². The third kappa shape index (κ3) is 3.84. The molecule has 0 saturated heterocycles. The second kappa shape index (κ2) is 5.52. The number of carboxylic acids is 1. The average molecular weight is 314 g/mol. The van der Waals surface area contributed by atoms with Crippen molar-refractivity contribution in [2.75, 3.05) is 0 Å². The van der Waals surface area contributed by atoms with E-state index in [-0.39, 0.29) is 12.3 Å². The van der Waals surface area contributed by atoms with E-state index < -0.39 is 11.5 Å². The highest BCUT2D eigenvalue weighted by atomic mass is 79.9. The van der Waals surface area contributed by atoms with Crippen LogP contribution >= 0.6 is 15.9 Å². The standard InChI is InChI=1S/C13H16BrNO3/c1-8-9(5-4-6-10(8)14)12(18)15-13(2,3)7-11(16)17/h4-6H,7H2,1-3H3,(H,15,18)(H,16,17). The monoisotopic (exact) mass is 313 g/mol. The molecule has 1 amide bonds. The molecular weight excluding hydrogens is 298 g/mol. The fraction of sp³-hybridized carbons (Fsp3) is 0.385. The van der Waals surface area contributed by atoms with Crippen LogP contribution in [0.5, 0.6) is 0 Å².